The monoisotopic (exact) mass is 344 g/mol. The van der Waals surface area contributed by atoms with E-state index in [0.29, 0.717) is 13.2 Å². The van der Waals surface area contributed by atoms with Gasteiger partial charge in [0.1, 0.15) is 12.4 Å². The molecule has 1 heterocycles. The van der Waals surface area contributed by atoms with Crippen LogP contribution in [0, 0.1) is 20.8 Å². The zero-order valence-corrected chi connectivity index (χ0v) is 16.0. The molecule has 6 heteroatoms. The molecule has 0 fully saturated rings. The predicted octanol–water partition coefficient (Wildman–Crippen LogP) is 2.68. The summed E-state index contributed by atoms with van der Waals surface area (Å²) in [4.78, 5) is 14.5. The molecule has 0 aliphatic rings. The number of nitrogens with one attached hydrogen (secondary N) is 1. The normalized spacial score (nSPS) is 12.3. The molecule has 1 aromatic heterocycles. The summed E-state index contributed by atoms with van der Waals surface area (Å²) in [5, 5.41) is 7.32. The Morgan fingerprint density at radius 1 is 1.32 bits per heavy atom. The Balaban J connectivity index is 1.87. The number of carbonyl (C=O) groups is 1. The molecule has 0 aliphatic carbocycles. The topological polar surface area (TPSA) is 59.4 Å². The second-order valence-corrected chi connectivity index (χ2v) is 6.43. The molecular weight excluding hydrogens is 316 g/mol. The quantitative estimate of drug-likeness (QED) is 0.839. The third kappa shape index (κ3) is 4.60. The molecular formula is C19H28N4O2. The second-order valence-electron chi connectivity index (χ2n) is 6.43. The van der Waals surface area contributed by atoms with Gasteiger partial charge in [-0.15, -0.1) is 0 Å². The lowest BCUT2D eigenvalue weighted by atomic mass is 10.2. The van der Waals surface area contributed by atoms with Crippen LogP contribution in [0.5, 0.6) is 5.75 Å². The first-order chi connectivity index (χ1) is 11.8. The Labute approximate surface area is 149 Å². The SMILES string of the molecule is Cc1ccccc1OCCN(C)[C@@H](C)C(=O)Nc1c(C)nn(C)c1C. The highest BCUT2D eigenvalue weighted by molar-refractivity contribution is 5.95. The van der Waals surface area contributed by atoms with E-state index in [1.165, 1.54) is 0 Å². The molecule has 1 aromatic carbocycles. The highest BCUT2D eigenvalue weighted by Gasteiger charge is 2.20. The van der Waals surface area contributed by atoms with Crippen molar-refractivity contribution in [1.29, 1.82) is 0 Å². The van der Waals surface area contributed by atoms with Gasteiger partial charge in [-0.05, 0) is 46.4 Å². The van der Waals surface area contributed by atoms with Crippen LogP contribution in [0.25, 0.3) is 0 Å². The number of hydrogen-bond donors (Lipinski definition) is 1. The fourth-order valence-corrected chi connectivity index (χ4v) is 2.59. The van der Waals surface area contributed by atoms with E-state index in [2.05, 4.69) is 10.4 Å². The summed E-state index contributed by atoms with van der Waals surface area (Å²) in [5.41, 5.74) is 3.68. The summed E-state index contributed by atoms with van der Waals surface area (Å²) >= 11 is 0. The Hall–Kier alpha value is -2.34. The van der Waals surface area contributed by atoms with E-state index in [4.69, 9.17) is 4.74 Å². The predicted molar refractivity (Wildman–Crippen MR) is 100 cm³/mol. The molecule has 2 aromatic rings. The van der Waals surface area contributed by atoms with Crippen LogP contribution in [-0.2, 0) is 11.8 Å². The smallest absolute Gasteiger partial charge is 0.241 e. The van der Waals surface area contributed by atoms with Crippen LogP contribution in [0.15, 0.2) is 24.3 Å². The summed E-state index contributed by atoms with van der Waals surface area (Å²) in [5.74, 6) is 0.840. The van der Waals surface area contributed by atoms with Gasteiger partial charge in [0, 0.05) is 13.6 Å². The molecule has 0 aliphatic heterocycles. The average molecular weight is 344 g/mol. The van der Waals surface area contributed by atoms with Crippen LogP contribution >= 0.6 is 0 Å². The van der Waals surface area contributed by atoms with Crippen molar-refractivity contribution in [3.8, 4) is 5.75 Å². The molecule has 2 rings (SSSR count). The maximum Gasteiger partial charge on any atom is 0.241 e. The summed E-state index contributed by atoms with van der Waals surface area (Å²) in [6, 6.07) is 7.66. The Morgan fingerprint density at radius 3 is 2.60 bits per heavy atom. The summed E-state index contributed by atoms with van der Waals surface area (Å²) < 4.78 is 7.58. The van der Waals surface area contributed by atoms with Crippen molar-refractivity contribution in [3.63, 3.8) is 0 Å². The number of aryl methyl sites for hydroxylation is 3. The fraction of sp³-hybridized carbons (Fsp3) is 0.474. The minimum absolute atomic E-state index is 0.0439. The molecule has 1 amide bonds. The summed E-state index contributed by atoms with van der Waals surface area (Å²) in [6.45, 7) is 8.95. The standard InChI is InChI=1S/C19H28N4O2/c1-13-9-7-8-10-17(13)25-12-11-22(5)16(4)19(24)20-18-14(2)21-23(6)15(18)3/h7-10,16H,11-12H2,1-6H3,(H,20,24)/t16-/m0/s1. The molecule has 0 saturated carbocycles. The largest absolute Gasteiger partial charge is 0.492 e. The van der Waals surface area contributed by atoms with Crippen LogP contribution in [0.4, 0.5) is 5.69 Å². The third-order valence-corrected chi connectivity index (χ3v) is 4.59. The van der Waals surface area contributed by atoms with E-state index in [1.807, 2.05) is 71.0 Å². The van der Waals surface area contributed by atoms with Crippen molar-refractivity contribution in [2.24, 2.45) is 7.05 Å². The van der Waals surface area contributed by atoms with E-state index in [9.17, 15) is 4.79 Å². The number of likely N-dealkylation sites (N-methyl/N-ethyl adjacent to an activating group) is 1. The number of para-hydroxylation sites is 1. The molecule has 136 valence electrons. The Morgan fingerprint density at radius 2 is 2.00 bits per heavy atom. The van der Waals surface area contributed by atoms with E-state index in [-0.39, 0.29) is 11.9 Å². The number of carbonyl (C=O) groups excluding carboxylic acids is 1. The zero-order valence-electron chi connectivity index (χ0n) is 16.0. The molecule has 25 heavy (non-hydrogen) atoms. The van der Waals surface area contributed by atoms with Crippen molar-refractivity contribution in [2.45, 2.75) is 33.7 Å². The number of benzene rings is 1. The van der Waals surface area contributed by atoms with Gasteiger partial charge < -0.3 is 10.1 Å². The minimum Gasteiger partial charge on any atom is -0.492 e. The van der Waals surface area contributed by atoms with E-state index < -0.39 is 0 Å². The van der Waals surface area contributed by atoms with Gasteiger partial charge in [0.05, 0.1) is 23.1 Å². The van der Waals surface area contributed by atoms with Crippen molar-refractivity contribution >= 4 is 11.6 Å². The van der Waals surface area contributed by atoms with E-state index in [0.717, 1.165) is 28.4 Å². The van der Waals surface area contributed by atoms with E-state index in [1.54, 1.807) is 4.68 Å². The lowest BCUT2D eigenvalue weighted by Gasteiger charge is -2.24. The minimum atomic E-state index is -0.264. The van der Waals surface area contributed by atoms with Gasteiger partial charge in [0.25, 0.3) is 0 Å². The second kappa shape index (κ2) is 8.16. The third-order valence-electron chi connectivity index (χ3n) is 4.59. The van der Waals surface area contributed by atoms with Crippen LogP contribution in [-0.4, -0.2) is 46.8 Å². The maximum atomic E-state index is 12.5. The van der Waals surface area contributed by atoms with Crippen molar-refractivity contribution < 1.29 is 9.53 Å². The molecule has 0 radical (unpaired) electrons. The lowest BCUT2D eigenvalue weighted by Crippen LogP contribution is -2.41. The molecule has 0 spiro atoms. The zero-order chi connectivity index (χ0) is 18.6. The maximum absolute atomic E-state index is 12.5. The number of anilines is 1. The number of nitrogens with zero attached hydrogens (tertiary/aromatic N) is 3. The Kier molecular flexibility index (Phi) is 6.20. The number of ether oxygens (including phenoxy) is 1. The van der Waals surface area contributed by atoms with Crippen LogP contribution in [0.3, 0.4) is 0 Å². The lowest BCUT2D eigenvalue weighted by molar-refractivity contribution is -0.120. The van der Waals surface area contributed by atoms with Gasteiger partial charge in [-0.25, -0.2) is 0 Å². The average Bonchev–Trinajstić information content (AvgIpc) is 2.82. The summed E-state index contributed by atoms with van der Waals surface area (Å²) in [7, 11) is 3.80. The first kappa shape index (κ1) is 19.0. The van der Waals surface area contributed by atoms with Gasteiger partial charge in [0.15, 0.2) is 0 Å². The summed E-state index contributed by atoms with van der Waals surface area (Å²) in [6.07, 6.45) is 0. The molecule has 0 unspecified atom stereocenters. The molecule has 0 saturated heterocycles. The first-order valence-electron chi connectivity index (χ1n) is 8.51. The molecule has 1 N–H and O–H groups in total. The first-order valence-corrected chi connectivity index (χ1v) is 8.51. The molecule has 6 nitrogen and oxygen atoms in total. The molecule has 0 bridgehead atoms. The number of aromatic nitrogens is 2. The van der Waals surface area contributed by atoms with Crippen LogP contribution in [0.1, 0.15) is 23.9 Å². The Bertz CT molecular complexity index is 739. The van der Waals surface area contributed by atoms with Gasteiger partial charge >= 0.3 is 0 Å². The van der Waals surface area contributed by atoms with Gasteiger partial charge in [-0.3, -0.25) is 14.4 Å². The van der Waals surface area contributed by atoms with Gasteiger partial charge in [0.2, 0.25) is 5.91 Å². The van der Waals surface area contributed by atoms with Crippen molar-refractivity contribution in [2.75, 3.05) is 25.5 Å². The highest BCUT2D eigenvalue weighted by atomic mass is 16.5. The van der Waals surface area contributed by atoms with Crippen LogP contribution < -0.4 is 10.1 Å². The number of hydrogen-bond acceptors (Lipinski definition) is 4. The van der Waals surface area contributed by atoms with Crippen molar-refractivity contribution in [1.82, 2.24) is 14.7 Å². The van der Waals surface area contributed by atoms with Crippen molar-refractivity contribution in [3.05, 3.63) is 41.2 Å². The molecule has 1 atom stereocenters. The van der Waals surface area contributed by atoms with Crippen LogP contribution in [0.2, 0.25) is 0 Å². The number of rotatable bonds is 7. The van der Waals surface area contributed by atoms with E-state index >= 15 is 0 Å². The van der Waals surface area contributed by atoms with Gasteiger partial charge in [-0.1, -0.05) is 18.2 Å². The van der Waals surface area contributed by atoms with Gasteiger partial charge in [-0.2, -0.15) is 5.10 Å². The number of amides is 1. The highest BCUT2D eigenvalue weighted by Crippen LogP contribution is 2.19. The fourth-order valence-electron chi connectivity index (χ4n) is 2.59.